The fourth-order valence-corrected chi connectivity index (χ4v) is 3.65. The number of hydrogen-bond acceptors (Lipinski definition) is 3. The van der Waals surface area contributed by atoms with E-state index in [1.165, 1.54) is 6.42 Å². The Kier molecular flexibility index (Phi) is 5.81. The molecule has 2 heterocycles. The minimum Gasteiger partial charge on any atom is -0.306 e. The van der Waals surface area contributed by atoms with Crippen molar-refractivity contribution in [3.8, 4) is 0 Å². The van der Waals surface area contributed by atoms with Gasteiger partial charge in [-0.1, -0.05) is 47.9 Å². The molecule has 0 saturated heterocycles. The average Bonchev–Trinajstić information content (AvgIpc) is 2.97. The molecular weight excluding hydrogens is 386 g/mol. The quantitative estimate of drug-likeness (QED) is 0.643. The number of halogens is 1. The van der Waals surface area contributed by atoms with Crippen molar-refractivity contribution in [3.05, 3.63) is 70.8 Å². The molecule has 3 aromatic rings. The average molecular weight is 410 g/mol. The van der Waals surface area contributed by atoms with Crippen molar-refractivity contribution in [3.63, 3.8) is 0 Å². The van der Waals surface area contributed by atoms with E-state index in [1.807, 2.05) is 48.0 Å². The predicted molar refractivity (Wildman–Crippen MR) is 115 cm³/mol. The number of aromatic nitrogens is 3. The molecule has 29 heavy (non-hydrogen) atoms. The van der Waals surface area contributed by atoms with E-state index >= 15 is 0 Å². The minimum absolute atomic E-state index is 0.271. The van der Waals surface area contributed by atoms with E-state index in [4.69, 9.17) is 16.6 Å². The molecule has 6 nitrogen and oxygen atoms in total. The highest BCUT2D eigenvalue weighted by Crippen LogP contribution is 2.24. The van der Waals surface area contributed by atoms with E-state index in [0.717, 1.165) is 42.9 Å². The third kappa shape index (κ3) is 4.59. The van der Waals surface area contributed by atoms with Gasteiger partial charge in [-0.3, -0.25) is 4.90 Å². The van der Waals surface area contributed by atoms with Gasteiger partial charge in [0.05, 0.1) is 17.3 Å². The second-order valence-corrected chi connectivity index (χ2v) is 7.72. The van der Waals surface area contributed by atoms with Crippen LogP contribution in [-0.2, 0) is 19.5 Å². The second kappa shape index (κ2) is 8.66. The van der Waals surface area contributed by atoms with E-state index in [1.54, 1.807) is 17.0 Å². The zero-order valence-corrected chi connectivity index (χ0v) is 17.2. The third-order valence-electron chi connectivity index (χ3n) is 5.07. The fraction of sp³-hybridized carbons (Fsp3) is 0.318. The highest BCUT2D eigenvalue weighted by Gasteiger charge is 2.21. The van der Waals surface area contributed by atoms with E-state index in [2.05, 4.69) is 10.4 Å². The Bertz CT molecular complexity index is 975. The van der Waals surface area contributed by atoms with Crippen LogP contribution in [0.3, 0.4) is 0 Å². The Labute approximate surface area is 175 Å². The van der Waals surface area contributed by atoms with E-state index in [-0.39, 0.29) is 6.03 Å². The first-order chi connectivity index (χ1) is 14.1. The van der Waals surface area contributed by atoms with Crippen LogP contribution in [0.2, 0.25) is 5.02 Å². The summed E-state index contributed by atoms with van der Waals surface area (Å²) in [6.45, 7) is 3.20. The first kappa shape index (κ1) is 19.5. The molecule has 0 aliphatic carbocycles. The molecule has 1 N–H and O–H groups in total. The van der Waals surface area contributed by atoms with Crippen LogP contribution < -0.4 is 10.2 Å². The van der Waals surface area contributed by atoms with Gasteiger partial charge in [-0.25, -0.2) is 14.5 Å². The van der Waals surface area contributed by atoms with Gasteiger partial charge in [-0.05, 0) is 44.0 Å². The van der Waals surface area contributed by atoms with E-state index in [0.29, 0.717) is 23.1 Å². The fourth-order valence-electron chi connectivity index (χ4n) is 3.47. The first-order valence-electron chi connectivity index (χ1n) is 9.92. The number of rotatable bonds is 4. The molecule has 1 aliphatic heterocycles. The molecule has 0 atom stereocenters. The molecule has 1 aliphatic rings. The summed E-state index contributed by atoms with van der Waals surface area (Å²) in [7, 11) is 0. The summed E-state index contributed by atoms with van der Waals surface area (Å²) >= 11 is 6.22. The minimum atomic E-state index is -0.271. The molecule has 7 heteroatoms. The topological polar surface area (TPSA) is 63.1 Å². The van der Waals surface area contributed by atoms with Crippen molar-refractivity contribution < 1.29 is 4.79 Å². The number of urea groups is 1. The largest absolute Gasteiger partial charge is 0.326 e. The molecule has 0 spiro atoms. The SMILES string of the molecule is Cc1ccc(N(Cc2nc3n(n2)CCCCC3)C(=O)Nc2ccccc2Cl)cc1. The van der Waals surface area contributed by atoms with E-state index < -0.39 is 0 Å². The van der Waals surface area contributed by atoms with Crippen LogP contribution in [0.1, 0.15) is 36.5 Å². The molecule has 4 rings (SSSR count). The lowest BCUT2D eigenvalue weighted by Crippen LogP contribution is -2.35. The van der Waals surface area contributed by atoms with Gasteiger partial charge in [-0.15, -0.1) is 0 Å². The molecule has 0 bridgehead atoms. The lowest BCUT2D eigenvalue weighted by atomic mass is 10.2. The van der Waals surface area contributed by atoms with Gasteiger partial charge < -0.3 is 5.32 Å². The van der Waals surface area contributed by atoms with Gasteiger partial charge in [0.25, 0.3) is 0 Å². The standard InChI is InChI=1S/C22H24ClN5O/c1-16-10-12-17(13-11-16)27(22(29)24-19-8-5-4-7-18(19)23)15-20-25-21-9-3-2-6-14-28(21)26-20/h4-5,7-8,10-13H,2-3,6,9,14-15H2,1H3,(H,24,29). The van der Waals surface area contributed by atoms with Crippen molar-refractivity contribution in [2.75, 3.05) is 10.2 Å². The number of carbonyl (C=O) groups is 1. The van der Waals surface area contributed by atoms with Gasteiger partial charge in [0.2, 0.25) is 0 Å². The molecule has 0 radical (unpaired) electrons. The molecule has 0 saturated carbocycles. The van der Waals surface area contributed by atoms with Crippen molar-refractivity contribution in [2.24, 2.45) is 0 Å². The molecule has 150 valence electrons. The van der Waals surface area contributed by atoms with Crippen molar-refractivity contribution in [1.82, 2.24) is 14.8 Å². The number of aryl methyl sites for hydroxylation is 3. The number of benzene rings is 2. The number of nitrogens with zero attached hydrogens (tertiary/aromatic N) is 4. The number of fused-ring (bicyclic) bond motifs is 1. The maximum atomic E-state index is 13.1. The predicted octanol–water partition coefficient (Wildman–Crippen LogP) is 5.21. The van der Waals surface area contributed by atoms with Crippen molar-refractivity contribution >= 4 is 29.0 Å². The molecule has 1 aromatic heterocycles. The van der Waals surface area contributed by atoms with Crippen molar-refractivity contribution in [1.29, 1.82) is 0 Å². The number of carbonyl (C=O) groups excluding carboxylic acids is 1. The Hall–Kier alpha value is -2.86. The number of para-hydroxylation sites is 1. The van der Waals surface area contributed by atoms with Gasteiger partial charge in [0, 0.05) is 18.7 Å². The van der Waals surface area contributed by atoms with Crippen LogP contribution in [-0.4, -0.2) is 20.8 Å². The third-order valence-corrected chi connectivity index (χ3v) is 5.40. The Morgan fingerprint density at radius 3 is 2.72 bits per heavy atom. The monoisotopic (exact) mass is 409 g/mol. The summed E-state index contributed by atoms with van der Waals surface area (Å²) in [5, 5.41) is 8.06. The lowest BCUT2D eigenvalue weighted by Gasteiger charge is -2.22. The number of nitrogens with one attached hydrogen (secondary N) is 1. The molecule has 2 aromatic carbocycles. The molecule has 0 fully saturated rings. The second-order valence-electron chi connectivity index (χ2n) is 7.31. The van der Waals surface area contributed by atoms with Crippen molar-refractivity contribution in [2.45, 2.75) is 45.7 Å². The summed E-state index contributed by atoms with van der Waals surface area (Å²) in [6, 6.07) is 14.8. The van der Waals surface area contributed by atoms with Gasteiger partial charge in [0.1, 0.15) is 5.82 Å². The van der Waals surface area contributed by atoms with Gasteiger partial charge in [0.15, 0.2) is 5.82 Å². The summed E-state index contributed by atoms with van der Waals surface area (Å²) < 4.78 is 1.99. The highest BCUT2D eigenvalue weighted by molar-refractivity contribution is 6.33. The van der Waals surface area contributed by atoms with Crippen LogP contribution in [0.5, 0.6) is 0 Å². The van der Waals surface area contributed by atoms with Gasteiger partial charge in [-0.2, -0.15) is 5.10 Å². The van der Waals surface area contributed by atoms with Crippen LogP contribution in [0.25, 0.3) is 0 Å². The van der Waals surface area contributed by atoms with Crippen LogP contribution in [0.4, 0.5) is 16.2 Å². The molecule has 2 amide bonds. The van der Waals surface area contributed by atoms with Gasteiger partial charge >= 0.3 is 6.03 Å². The van der Waals surface area contributed by atoms with E-state index in [9.17, 15) is 4.79 Å². The zero-order chi connectivity index (χ0) is 20.2. The van der Waals surface area contributed by atoms with Crippen LogP contribution >= 0.6 is 11.6 Å². The number of amides is 2. The highest BCUT2D eigenvalue weighted by atomic mass is 35.5. The maximum Gasteiger partial charge on any atom is 0.326 e. The smallest absolute Gasteiger partial charge is 0.306 e. The first-order valence-corrected chi connectivity index (χ1v) is 10.3. The Morgan fingerprint density at radius 2 is 1.93 bits per heavy atom. The maximum absolute atomic E-state index is 13.1. The lowest BCUT2D eigenvalue weighted by molar-refractivity contribution is 0.256. The molecule has 0 unspecified atom stereocenters. The summed E-state index contributed by atoms with van der Waals surface area (Å²) in [4.78, 5) is 19.5. The Balaban J connectivity index is 1.61. The summed E-state index contributed by atoms with van der Waals surface area (Å²) in [6.07, 6.45) is 4.39. The number of hydrogen-bond donors (Lipinski definition) is 1. The van der Waals surface area contributed by atoms with Crippen LogP contribution in [0.15, 0.2) is 48.5 Å². The normalized spacial score (nSPS) is 13.4. The van der Waals surface area contributed by atoms with Crippen LogP contribution in [0, 0.1) is 6.92 Å². The zero-order valence-electron chi connectivity index (χ0n) is 16.4. The number of anilines is 2. The Morgan fingerprint density at radius 1 is 1.14 bits per heavy atom. The summed E-state index contributed by atoms with van der Waals surface area (Å²) in [5.41, 5.74) is 2.49. The summed E-state index contributed by atoms with van der Waals surface area (Å²) in [5.74, 6) is 1.66. The molecular formula is C22H24ClN5O.